The van der Waals surface area contributed by atoms with Gasteiger partial charge in [-0.3, -0.25) is 4.57 Å². The van der Waals surface area contributed by atoms with Crippen molar-refractivity contribution in [2.24, 2.45) is 0 Å². The number of halogens is 1. The molecule has 0 radical (unpaired) electrons. The molecule has 0 aliphatic heterocycles. The van der Waals surface area contributed by atoms with Crippen LogP contribution in [0.3, 0.4) is 0 Å². The monoisotopic (exact) mass is 302 g/mol. The molecule has 0 aliphatic carbocycles. The Morgan fingerprint density at radius 1 is 1.28 bits per heavy atom. The number of hydrogen-bond donors (Lipinski definition) is 1. The van der Waals surface area contributed by atoms with Gasteiger partial charge in [0.2, 0.25) is 5.95 Å². The summed E-state index contributed by atoms with van der Waals surface area (Å²) in [5.41, 5.74) is 9.68. The van der Waals surface area contributed by atoms with E-state index < -0.39 is 0 Å². The molecule has 0 atom stereocenters. The fourth-order valence-corrected chi connectivity index (χ4v) is 2.51. The molecule has 0 saturated carbocycles. The van der Waals surface area contributed by atoms with Gasteiger partial charge in [-0.25, -0.2) is 9.97 Å². The quantitative estimate of drug-likeness (QED) is 0.751. The zero-order valence-electron chi connectivity index (χ0n) is 9.76. The molecule has 4 nitrogen and oxygen atoms in total. The van der Waals surface area contributed by atoms with E-state index in [1.54, 1.807) is 6.20 Å². The Labute approximate surface area is 113 Å². The average Bonchev–Trinajstić information content (AvgIpc) is 2.66. The van der Waals surface area contributed by atoms with E-state index >= 15 is 0 Å². The van der Waals surface area contributed by atoms with Crippen molar-refractivity contribution in [2.45, 2.75) is 6.92 Å². The predicted octanol–water partition coefficient (Wildman–Crippen LogP) is 3.07. The highest BCUT2D eigenvalue weighted by atomic mass is 79.9. The number of nitrogen functional groups attached to an aromatic ring is 1. The van der Waals surface area contributed by atoms with Crippen LogP contribution >= 0.6 is 15.9 Å². The summed E-state index contributed by atoms with van der Waals surface area (Å²) in [6.45, 7) is 2.04. The maximum atomic E-state index is 5.99. The van der Waals surface area contributed by atoms with E-state index in [0.29, 0.717) is 5.95 Å². The first-order valence-electron chi connectivity index (χ1n) is 5.52. The van der Waals surface area contributed by atoms with Crippen LogP contribution in [0.25, 0.3) is 16.9 Å². The van der Waals surface area contributed by atoms with Crippen molar-refractivity contribution in [1.29, 1.82) is 0 Å². The molecule has 0 amide bonds. The molecule has 2 aromatic heterocycles. The van der Waals surface area contributed by atoms with Crippen molar-refractivity contribution >= 4 is 33.0 Å². The van der Waals surface area contributed by atoms with Crippen molar-refractivity contribution in [1.82, 2.24) is 14.5 Å². The number of aryl methyl sites for hydroxylation is 1. The highest BCUT2D eigenvalue weighted by Crippen LogP contribution is 2.25. The molecule has 0 aliphatic rings. The minimum absolute atomic E-state index is 0.453. The third kappa shape index (κ3) is 1.67. The number of pyridine rings is 1. The number of fused-ring (bicyclic) bond motifs is 1. The largest absolute Gasteiger partial charge is 0.369 e. The summed E-state index contributed by atoms with van der Waals surface area (Å²) in [4.78, 5) is 8.67. The first-order chi connectivity index (χ1) is 8.66. The number of imidazole rings is 1. The van der Waals surface area contributed by atoms with Crippen molar-refractivity contribution < 1.29 is 0 Å². The van der Waals surface area contributed by atoms with Crippen LogP contribution < -0.4 is 5.73 Å². The fraction of sp³-hybridized carbons (Fsp3) is 0.0769. The number of rotatable bonds is 1. The Morgan fingerprint density at radius 2 is 2.11 bits per heavy atom. The summed E-state index contributed by atoms with van der Waals surface area (Å²) in [5.74, 6) is 0.453. The lowest BCUT2D eigenvalue weighted by Gasteiger charge is -2.09. The van der Waals surface area contributed by atoms with Gasteiger partial charge in [-0.05, 0) is 42.8 Å². The second-order valence-electron chi connectivity index (χ2n) is 4.08. The summed E-state index contributed by atoms with van der Waals surface area (Å²) in [5, 5.41) is 0. The number of hydrogen-bond acceptors (Lipinski definition) is 3. The Morgan fingerprint density at radius 3 is 2.89 bits per heavy atom. The molecule has 1 aromatic carbocycles. The zero-order valence-corrected chi connectivity index (χ0v) is 11.3. The maximum absolute atomic E-state index is 5.99. The van der Waals surface area contributed by atoms with E-state index in [4.69, 9.17) is 5.73 Å². The number of anilines is 1. The zero-order chi connectivity index (χ0) is 12.7. The first kappa shape index (κ1) is 11.2. The number of nitrogens with two attached hydrogens (primary N) is 1. The molecule has 2 heterocycles. The van der Waals surface area contributed by atoms with Crippen molar-refractivity contribution in [3.8, 4) is 5.69 Å². The minimum atomic E-state index is 0.453. The second-order valence-corrected chi connectivity index (χ2v) is 5.00. The highest BCUT2D eigenvalue weighted by molar-refractivity contribution is 9.10. The molecule has 0 saturated heterocycles. The van der Waals surface area contributed by atoms with Crippen LogP contribution in [-0.4, -0.2) is 14.5 Å². The molecule has 3 aromatic rings. The number of benzene rings is 1. The Bertz CT molecular complexity index is 733. The molecule has 18 heavy (non-hydrogen) atoms. The van der Waals surface area contributed by atoms with Crippen LogP contribution in [0.2, 0.25) is 0 Å². The van der Waals surface area contributed by atoms with Gasteiger partial charge in [0, 0.05) is 10.7 Å². The van der Waals surface area contributed by atoms with Crippen molar-refractivity contribution in [2.75, 3.05) is 5.73 Å². The van der Waals surface area contributed by atoms with E-state index in [9.17, 15) is 0 Å². The van der Waals surface area contributed by atoms with Gasteiger partial charge in [-0.1, -0.05) is 15.9 Å². The van der Waals surface area contributed by atoms with E-state index in [1.165, 1.54) is 0 Å². The van der Waals surface area contributed by atoms with E-state index in [-0.39, 0.29) is 0 Å². The second kappa shape index (κ2) is 4.10. The van der Waals surface area contributed by atoms with Crippen LogP contribution in [0.4, 0.5) is 5.95 Å². The lowest BCUT2D eigenvalue weighted by molar-refractivity contribution is 1.06. The number of aromatic nitrogens is 3. The van der Waals surface area contributed by atoms with Gasteiger partial charge >= 0.3 is 0 Å². The van der Waals surface area contributed by atoms with Gasteiger partial charge in [0.25, 0.3) is 0 Å². The first-order valence-corrected chi connectivity index (χ1v) is 6.31. The molecular formula is C13H11BrN4. The molecular weight excluding hydrogens is 292 g/mol. The maximum Gasteiger partial charge on any atom is 0.207 e. The molecule has 2 N–H and O–H groups in total. The Kier molecular flexibility index (Phi) is 2.56. The Hall–Kier alpha value is -1.88. The SMILES string of the molecule is Cc1cc(Br)ccc1-n1c(N)nc2cccnc21. The smallest absolute Gasteiger partial charge is 0.207 e. The van der Waals surface area contributed by atoms with Crippen LogP contribution in [0.1, 0.15) is 5.56 Å². The third-order valence-electron chi connectivity index (χ3n) is 2.84. The Balaban J connectivity index is 2.34. The van der Waals surface area contributed by atoms with E-state index in [1.807, 2.05) is 41.8 Å². The summed E-state index contributed by atoms with van der Waals surface area (Å²) >= 11 is 3.46. The minimum Gasteiger partial charge on any atom is -0.369 e. The van der Waals surface area contributed by atoms with Crippen molar-refractivity contribution in [3.63, 3.8) is 0 Å². The molecule has 90 valence electrons. The summed E-state index contributed by atoms with van der Waals surface area (Å²) in [6, 6.07) is 9.79. The lowest BCUT2D eigenvalue weighted by atomic mass is 10.2. The van der Waals surface area contributed by atoms with Gasteiger partial charge in [0.1, 0.15) is 5.52 Å². The lowest BCUT2D eigenvalue weighted by Crippen LogP contribution is -2.03. The van der Waals surface area contributed by atoms with Gasteiger partial charge < -0.3 is 5.73 Å². The normalized spacial score (nSPS) is 11.0. The molecule has 0 fully saturated rings. The summed E-state index contributed by atoms with van der Waals surface area (Å²) in [7, 11) is 0. The summed E-state index contributed by atoms with van der Waals surface area (Å²) in [6.07, 6.45) is 1.74. The fourth-order valence-electron chi connectivity index (χ4n) is 2.04. The predicted molar refractivity (Wildman–Crippen MR) is 75.7 cm³/mol. The average molecular weight is 303 g/mol. The van der Waals surface area contributed by atoms with E-state index in [2.05, 4.69) is 25.9 Å². The standard InChI is InChI=1S/C13H11BrN4/c1-8-7-9(14)4-5-11(8)18-12-10(17-13(18)15)3-2-6-16-12/h2-7H,1H3,(H2,15,17). The van der Waals surface area contributed by atoms with Gasteiger partial charge in [0.05, 0.1) is 5.69 Å². The number of nitrogens with zero attached hydrogens (tertiary/aromatic N) is 3. The van der Waals surface area contributed by atoms with Crippen LogP contribution in [0.15, 0.2) is 41.0 Å². The van der Waals surface area contributed by atoms with Crippen LogP contribution in [0.5, 0.6) is 0 Å². The molecule has 0 unspecified atom stereocenters. The molecule has 0 bridgehead atoms. The van der Waals surface area contributed by atoms with Gasteiger partial charge in [-0.15, -0.1) is 0 Å². The van der Waals surface area contributed by atoms with Crippen LogP contribution in [-0.2, 0) is 0 Å². The molecule has 5 heteroatoms. The van der Waals surface area contributed by atoms with Crippen LogP contribution in [0, 0.1) is 6.92 Å². The molecule has 0 spiro atoms. The van der Waals surface area contributed by atoms with Gasteiger partial charge in [0.15, 0.2) is 5.65 Å². The highest BCUT2D eigenvalue weighted by Gasteiger charge is 2.12. The third-order valence-corrected chi connectivity index (χ3v) is 3.33. The molecule has 3 rings (SSSR count). The van der Waals surface area contributed by atoms with E-state index in [0.717, 1.165) is 26.9 Å². The summed E-state index contributed by atoms with van der Waals surface area (Å²) < 4.78 is 2.91. The van der Waals surface area contributed by atoms with Crippen molar-refractivity contribution in [3.05, 3.63) is 46.6 Å². The van der Waals surface area contributed by atoms with Gasteiger partial charge in [-0.2, -0.15) is 0 Å². The topological polar surface area (TPSA) is 56.7 Å².